The maximum absolute atomic E-state index is 6.29. The lowest BCUT2D eigenvalue weighted by atomic mass is 9.96. The predicted octanol–water partition coefficient (Wildman–Crippen LogP) is 2.65. The topological polar surface area (TPSA) is 27.1 Å². The fourth-order valence-corrected chi connectivity index (χ4v) is 2.25. The van der Waals surface area contributed by atoms with Crippen molar-refractivity contribution < 1.29 is 4.74 Å². The average molecular weight is 243 g/mol. The van der Waals surface area contributed by atoms with E-state index in [2.05, 4.69) is 25.0 Å². The lowest BCUT2D eigenvalue weighted by Crippen LogP contribution is -2.29. The molecular weight excluding hydrogens is 224 g/mol. The molecule has 2 atom stereocenters. The number of hydrogen-bond acceptors (Lipinski definition) is 2. The predicted molar refractivity (Wildman–Crippen MR) is 64.9 cm³/mol. The molecule has 0 bridgehead atoms. The number of ether oxygens (including phenoxy) is 1. The molecule has 1 saturated heterocycles. The first kappa shape index (κ1) is 11.9. The maximum Gasteiger partial charge on any atom is 0.0628 e. The highest BCUT2D eigenvalue weighted by Gasteiger charge is 2.24. The summed E-state index contributed by atoms with van der Waals surface area (Å²) in [5.41, 5.74) is 1.12. The highest BCUT2D eigenvalue weighted by Crippen LogP contribution is 2.23. The zero-order chi connectivity index (χ0) is 11.5. The molecule has 1 aromatic heterocycles. The van der Waals surface area contributed by atoms with E-state index >= 15 is 0 Å². The maximum atomic E-state index is 6.29. The lowest BCUT2D eigenvalue weighted by Gasteiger charge is -2.26. The second-order valence-electron chi connectivity index (χ2n) is 4.72. The van der Waals surface area contributed by atoms with E-state index in [4.69, 9.17) is 16.3 Å². The van der Waals surface area contributed by atoms with Gasteiger partial charge in [-0.25, -0.2) is 0 Å². The summed E-state index contributed by atoms with van der Waals surface area (Å²) in [5.74, 6) is 0.408. The molecule has 2 unspecified atom stereocenters. The molecule has 0 radical (unpaired) electrons. The van der Waals surface area contributed by atoms with Gasteiger partial charge in [0.25, 0.3) is 0 Å². The van der Waals surface area contributed by atoms with Crippen molar-refractivity contribution in [2.45, 2.75) is 38.1 Å². The molecule has 0 aromatic carbocycles. The third-order valence-corrected chi connectivity index (χ3v) is 3.62. The summed E-state index contributed by atoms with van der Waals surface area (Å²) in [6.07, 6.45) is 3.91. The smallest absolute Gasteiger partial charge is 0.0628 e. The minimum absolute atomic E-state index is 0.234. The molecular formula is C12H19ClN2O. The summed E-state index contributed by atoms with van der Waals surface area (Å²) in [6, 6.07) is 2.50. The molecule has 0 N–H and O–H groups in total. The summed E-state index contributed by atoms with van der Waals surface area (Å²) in [4.78, 5) is 0. The van der Waals surface area contributed by atoms with Crippen LogP contribution in [0.4, 0.5) is 0 Å². The molecule has 3 nitrogen and oxygen atoms in total. The standard InChI is InChI=1S/C12H19ClN2O/c1-9(2)15-5-3-11(14-15)7-10-8-16-6-4-12(10)13/h3,5,9-10,12H,4,6-8H2,1-2H3. The van der Waals surface area contributed by atoms with Crippen LogP contribution in [0.2, 0.25) is 0 Å². The summed E-state index contributed by atoms with van der Waals surface area (Å²) < 4.78 is 7.45. The molecule has 4 heteroatoms. The van der Waals surface area contributed by atoms with Gasteiger partial charge in [-0.3, -0.25) is 4.68 Å². The minimum atomic E-state index is 0.234. The van der Waals surface area contributed by atoms with Crippen LogP contribution in [0.15, 0.2) is 12.3 Å². The van der Waals surface area contributed by atoms with Gasteiger partial charge in [0.2, 0.25) is 0 Å². The number of rotatable bonds is 3. The molecule has 0 spiro atoms. The van der Waals surface area contributed by atoms with E-state index in [0.29, 0.717) is 12.0 Å². The summed E-state index contributed by atoms with van der Waals surface area (Å²) in [5, 5.41) is 4.77. The van der Waals surface area contributed by atoms with Crippen molar-refractivity contribution in [2.75, 3.05) is 13.2 Å². The molecule has 1 aromatic rings. The van der Waals surface area contributed by atoms with Crippen LogP contribution in [0.3, 0.4) is 0 Å². The van der Waals surface area contributed by atoms with Crippen molar-refractivity contribution >= 4 is 11.6 Å². The molecule has 1 aliphatic heterocycles. The second kappa shape index (κ2) is 5.19. The Balaban J connectivity index is 1.97. The Labute approximate surface area is 102 Å². The van der Waals surface area contributed by atoms with Crippen molar-refractivity contribution in [2.24, 2.45) is 5.92 Å². The van der Waals surface area contributed by atoms with Crippen LogP contribution in [0.25, 0.3) is 0 Å². The Kier molecular flexibility index (Phi) is 3.87. The van der Waals surface area contributed by atoms with Crippen molar-refractivity contribution in [3.05, 3.63) is 18.0 Å². The van der Waals surface area contributed by atoms with Gasteiger partial charge in [0, 0.05) is 30.1 Å². The normalized spacial score (nSPS) is 26.2. The monoisotopic (exact) mass is 242 g/mol. The van der Waals surface area contributed by atoms with E-state index in [-0.39, 0.29) is 5.38 Å². The fraction of sp³-hybridized carbons (Fsp3) is 0.750. The Morgan fingerprint density at radius 2 is 2.44 bits per heavy atom. The quantitative estimate of drug-likeness (QED) is 0.762. The molecule has 0 aliphatic carbocycles. The molecule has 2 rings (SSSR count). The molecule has 90 valence electrons. The molecule has 0 amide bonds. The summed E-state index contributed by atoms with van der Waals surface area (Å²) in [7, 11) is 0. The van der Waals surface area contributed by atoms with Crippen LogP contribution in [-0.2, 0) is 11.2 Å². The van der Waals surface area contributed by atoms with Crippen molar-refractivity contribution in [3.8, 4) is 0 Å². The van der Waals surface area contributed by atoms with E-state index in [9.17, 15) is 0 Å². The van der Waals surface area contributed by atoms with Crippen LogP contribution in [-0.4, -0.2) is 28.4 Å². The summed E-state index contributed by atoms with van der Waals surface area (Å²) >= 11 is 6.29. The molecule has 2 heterocycles. The first-order valence-corrected chi connectivity index (χ1v) is 6.36. The van der Waals surface area contributed by atoms with Crippen LogP contribution >= 0.6 is 11.6 Å². The Hall–Kier alpha value is -0.540. The summed E-state index contributed by atoms with van der Waals surface area (Å²) in [6.45, 7) is 5.82. The molecule has 0 saturated carbocycles. The van der Waals surface area contributed by atoms with Gasteiger partial charge < -0.3 is 4.74 Å². The first-order chi connectivity index (χ1) is 7.66. The van der Waals surface area contributed by atoms with E-state index in [1.54, 1.807) is 0 Å². The third kappa shape index (κ3) is 2.77. The van der Waals surface area contributed by atoms with E-state index in [1.165, 1.54) is 0 Å². The van der Waals surface area contributed by atoms with Gasteiger partial charge >= 0.3 is 0 Å². The Bertz CT molecular complexity index is 338. The van der Waals surface area contributed by atoms with Crippen molar-refractivity contribution in [1.82, 2.24) is 9.78 Å². The van der Waals surface area contributed by atoms with Gasteiger partial charge in [0.05, 0.1) is 12.3 Å². The zero-order valence-corrected chi connectivity index (χ0v) is 10.7. The van der Waals surface area contributed by atoms with Crippen LogP contribution in [0.5, 0.6) is 0 Å². The van der Waals surface area contributed by atoms with Gasteiger partial charge in [-0.1, -0.05) is 0 Å². The van der Waals surface area contributed by atoms with Gasteiger partial charge in [-0.2, -0.15) is 5.10 Å². The number of halogens is 1. The number of aromatic nitrogens is 2. The number of nitrogens with zero attached hydrogens (tertiary/aromatic N) is 2. The van der Waals surface area contributed by atoms with Crippen molar-refractivity contribution in [3.63, 3.8) is 0 Å². The average Bonchev–Trinajstić information content (AvgIpc) is 2.70. The second-order valence-corrected chi connectivity index (χ2v) is 5.29. The largest absolute Gasteiger partial charge is 0.381 e. The third-order valence-electron chi connectivity index (χ3n) is 3.05. The van der Waals surface area contributed by atoms with Crippen LogP contribution in [0.1, 0.15) is 32.0 Å². The lowest BCUT2D eigenvalue weighted by molar-refractivity contribution is 0.0574. The SMILES string of the molecule is CC(C)n1ccc(CC2COCCC2Cl)n1. The highest BCUT2D eigenvalue weighted by atomic mass is 35.5. The van der Waals surface area contributed by atoms with E-state index in [1.807, 2.05) is 10.9 Å². The van der Waals surface area contributed by atoms with Gasteiger partial charge in [0.15, 0.2) is 0 Å². The zero-order valence-electron chi connectivity index (χ0n) is 9.90. The van der Waals surface area contributed by atoms with E-state index in [0.717, 1.165) is 31.7 Å². The molecule has 1 fully saturated rings. The Morgan fingerprint density at radius 3 is 3.06 bits per heavy atom. The minimum Gasteiger partial charge on any atom is -0.381 e. The molecule has 1 aliphatic rings. The van der Waals surface area contributed by atoms with E-state index < -0.39 is 0 Å². The molecule has 16 heavy (non-hydrogen) atoms. The van der Waals surface area contributed by atoms with Gasteiger partial charge in [-0.05, 0) is 32.8 Å². The highest BCUT2D eigenvalue weighted by molar-refractivity contribution is 6.20. The number of alkyl halides is 1. The van der Waals surface area contributed by atoms with Crippen LogP contribution in [0, 0.1) is 5.92 Å². The fourth-order valence-electron chi connectivity index (χ4n) is 2.00. The first-order valence-electron chi connectivity index (χ1n) is 5.92. The van der Waals surface area contributed by atoms with Crippen LogP contribution < -0.4 is 0 Å². The number of hydrogen-bond donors (Lipinski definition) is 0. The van der Waals surface area contributed by atoms with Gasteiger partial charge in [0.1, 0.15) is 0 Å². The Morgan fingerprint density at radius 1 is 1.62 bits per heavy atom. The van der Waals surface area contributed by atoms with Crippen molar-refractivity contribution in [1.29, 1.82) is 0 Å². The van der Waals surface area contributed by atoms with Gasteiger partial charge in [-0.15, -0.1) is 11.6 Å².